The van der Waals surface area contributed by atoms with Gasteiger partial charge in [0.05, 0.1) is 0 Å². The van der Waals surface area contributed by atoms with Crippen molar-refractivity contribution in [1.29, 1.82) is 0 Å². The Bertz CT molecular complexity index is 242. The molecule has 1 atom stereocenters. The molecule has 0 aromatic rings. The summed E-state index contributed by atoms with van der Waals surface area (Å²) in [4.78, 5) is 2.49. The summed E-state index contributed by atoms with van der Waals surface area (Å²) in [7, 11) is 2.26. The molecule has 1 heterocycles. The van der Waals surface area contributed by atoms with Crippen LogP contribution in [0.5, 0.6) is 0 Å². The second-order valence-corrected chi connectivity index (χ2v) is 5.23. The van der Waals surface area contributed by atoms with Gasteiger partial charge in [-0.3, -0.25) is 0 Å². The molecule has 1 aliphatic heterocycles. The van der Waals surface area contributed by atoms with Crippen LogP contribution in [0.1, 0.15) is 53.4 Å². The third-order valence-electron chi connectivity index (χ3n) is 4.03. The van der Waals surface area contributed by atoms with Crippen LogP contribution in [0.3, 0.4) is 0 Å². The zero-order chi connectivity index (χ0) is 11.5. The Morgan fingerprint density at radius 2 is 1.73 bits per heavy atom. The van der Waals surface area contributed by atoms with Gasteiger partial charge in [0, 0.05) is 6.54 Å². The van der Waals surface area contributed by atoms with E-state index < -0.39 is 0 Å². The van der Waals surface area contributed by atoms with Gasteiger partial charge < -0.3 is 4.90 Å². The fourth-order valence-electron chi connectivity index (χ4n) is 2.97. The van der Waals surface area contributed by atoms with Crippen LogP contribution < -0.4 is 0 Å². The van der Waals surface area contributed by atoms with Crippen LogP contribution in [-0.4, -0.2) is 25.0 Å². The van der Waals surface area contributed by atoms with E-state index in [-0.39, 0.29) is 0 Å². The zero-order valence-corrected chi connectivity index (χ0v) is 11.2. The van der Waals surface area contributed by atoms with Crippen molar-refractivity contribution in [3.8, 4) is 0 Å². The minimum atomic E-state index is 0.665. The van der Waals surface area contributed by atoms with E-state index in [4.69, 9.17) is 0 Å². The summed E-state index contributed by atoms with van der Waals surface area (Å²) in [6.45, 7) is 11.3. The van der Waals surface area contributed by atoms with E-state index in [0.29, 0.717) is 5.41 Å². The molecule has 88 valence electrons. The van der Waals surface area contributed by atoms with Crippen molar-refractivity contribution in [2.24, 2.45) is 5.41 Å². The smallest absolute Gasteiger partial charge is 0.00386 e. The predicted molar refractivity (Wildman–Crippen MR) is 68.1 cm³/mol. The number of likely N-dealkylation sites (tertiary alicyclic amines) is 1. The minimum absolute atomic E-state index is 0.665. The lowest BCUT2D eigenvalue weighted by atomic mass is 9.71. The van der Waals surface area contributed by atoms with Gasteiger partial charge in [-0.2, -0.15) is 0 Å². The molecule has 0 N–H and O–H groups in total. The lowest BCUT2D eigenvalue weighted by molar-refractivity contribution is 0.246. The summed E-state index contributed by atoms with van der Waals surface area (Å²) in [5, 5.41) is 0. The van der Waals surface area contributed by atoms with Gasteiger partial charge in [-0.15, -0.1) is 0 Å². The second kappa shape index (κ2) is 5.16. The Hall–Kier alpha value is -0.300. The first kappa shape index (κ1) is 12.8. The quantitative estimate of drug-likeness (QED) is 0.548. The summed E-state index contributed by atoms with van der Waals surface area (Å²) in [6, 6.07) is 0. The maximum Gasteiger partial charge on any atom is 0.00386 e. The fourth-order valence-corrected chi connectivity index (χ4v) is 2.97. The summed E-state index contributed by atoms with van der Waals surface area (Å²) in [5.41, 5.74) is 3.99. The molecule has 1 aliphatic carbocycles. The fraction of sp³-hybridized carbons (Fsp3) is 0.857. The molecular formula is C14H27N. The monoisotopic (exact) mass is 209 g/mol. The van der Waals surface area contributed by atoms with Gasteiger partial charge >= 0.3 is 0 Å². The first-order valence-electron chi connectivity index (χ1n) is 6.45. The Balaban J connectivity index is 0.000000531. The molecule has 1 spiro atoms. The van der Waals surface area contributed by atoms with Gasteiger partial charge in [0.2, 0.25) is 0 Å². The number of nitrogens with zero attached hydrogens (tertiary/aromatic N) is 1. The van der Waals surface area contributed by atoms with Crippen LogP contribution >= 0.6 is 0 Å². The van der Waals surface area contributed by atoms with E-state index >= 15 is 0 Å². The van der Waals surface area contributed by atoms with Crippen molar-refractivity contribution >= 4 is 0 Å². The van der Waals surface area contributed by atoms with Gasteiger partial charge in [-0.1, -0.05) is 25.0 Å². The molecule has 0 radical (unpaired) electrons. The van der Waals surface area contributed by atoms with E-state index in [1.807, 2.05) is 13.8 Å². The molecule has 1 heteroatoms. The molecule has 2 rings (SSSR count). The van der Waals surface area contributed by atoms with Gasteiger partial charge in [-0.25, -0.2) is 0 Å². The third kappa shape index (κ3) is 2.84. The standard InChI is InChI=1S/C12H21N.C2H6/c1-10-4-5-12(8-11(10)2)6-7-13(3)9-12;1-2/h4-9H2,1-3H3;1-2H3. The van der Waals surface area contributed by atoms with Crippen molar-refractivity contribution in [1.82, 2.24) is 4.90 Å². The van der Waals surface area contributed by atoms with Gasteiger partial charge in [-0.05, 0) is 58.5 Å². The number of allylic oxidation sites excluding steroid dienone is 2. The van der Waals surface area contributed by atoms with Gasteiger partial charge in [0.15, 0.2) is 0 Å². The highest BCUT2D eigenvalue weighted by molar-refractivity contribution is 5.17. The number of hydrogen-bond donors (Lipinski definition) is 0. The van der Waals surface area contributed by atoms with E-state index in [1.165, 1.54) is 38.8 Å². The second-order valence-electron chi connectivity index (χ2n) is 5.23. The van der Waals surface area contributed by atoms with E-state index in [9.17, 15) is 0 Å². The Morgan fingerprint density at radius 3 is 2.20 bits per heavy atom. The Labute approximate surface area is 95.5 Å². The van der Waals surface area contributed by atoms with Gasteiger partial charge in [0.25, 0.3) is 0 Å². The van der Waals surface area contributed by atoms with Crippen LogP contribution in [0.25, 0.3) is 0 Å². The molecule has 15 heavy (non-hydrogen) atoms. The van der Waals surface area contributed by atoms with E-state index in [1.54, 1.807) is 11.1 Å². The van der Waals surface area contributed by atoms with Crippen LogP contribution in [-0.2, 0) is 0 Å². The minimum Gasteiger partial charge on any atom is -0.306 e. The Kier molecular flexibility index (Phi) is 4.39. The van der Waals surface area contributed by atoms with Crippen molar-refractivity contribution in [2.45, 2.75) is 53.4 Å². The van der Waals surface area contributed by atoms with Crippen LogP contribution in [0.15, 0.2) is 11.1 Å². The normalized spacial score (nSPS) is 31.8. The number of rotatable bonds is 0. The SMILES string of the molecule is CC.CC1=C(C)CC2(CC1)CCN(C)C2. The predicted octanol–water partition coefficient (Wildman–Crippen LogP) is 3.85. The largest absolute Gasteiger partial charge is 0.306 e. The van der Waals surface area contributed by atoms with Crippen molar-refractivity contribution < 1.29 is 0 Å². The zero-order valence-electron chi connectivity index (χ0n) is 11.2. The van der Waals surface area contributed by atoms with Crippen LogP contribution in [0.4, 0.5) is 0 Å². The van der Waals surface area contributed by atoms with Crippen molar-refractivity contribution in [3.05, 3.63) is 11.1 Å². The van der Waals surface area contributed by atoms with Gasteiger partial charge in [0.1, 0.15) is 0 Å². The third-order valence-corrected chi connectivity index (χ3v) is 4.03. The van der Waals surface area contributed by atoms with E-state index in [0.717, 1.165) is 0 Å². The summed E-state index contributed by atoms with van der Waals surface area (Å²) < 4.78 is 0. The maximum atomic E-state index is 2.49. The van der Waals surface area contributed by atoms with E-state index in [2.05, 4.69) is 25.8 Å². The first-order chi connectivity index (χ1) is 7.11. The van der Waals surface area contributed by atoms with Crippen molar-refractivity contribution in [3.63, 3.8) is 0 Å². The average Bonchev–Trinajstić information content (AvgIpc) is 2.58. The molecule has 1 nitrogen and oxygen atoms in total. The highest BCUT2D eigenvalue weighted by atomic mass is 15.1. The summed E-state index contributed by atoms with van der Waals surface area (Å²) >= 11 is 0. The summed E-state index contributed by atoms with van der Waals surface area (Å²) in [6.07, 6.45) is 5.57. The Morgan fingerprint density at radius 1 is 1.07 bits per heavy atom. The van der Waals surface area contributed by atoms with Crippen LogP contribution in [0.2, 0.25) is 0 Å². The topological polar surface area (TPSA) is 3.24 Å². The lowest BCUT2D eigenvalue weighted by Gasteiger charge is -2.34. The molecule has 0 aromatic heterocycles. The summed E-state index contributed by atoms with van der Waals surface area (Å²) in [5.74, 6) is 0. The highest BCUT2D eigenvalue weighted by Crippen LogP contribution is 2.45. The molecular weight excluding hydrogens is 182 g/mol. The molecule has 1 saturated heterocycles. The maximum absolute atomic E-state index is 2.49. The molecule has 0 saturated carbocycles. The molecule has 1 fully saturated rings. The van der Waals surface area contributed by atoms with Crippen LogP contribution in [0, 0.1) is 5.41 Å². The molecule has 0 bridgehead atoms. The average molecular weight is 209 g/mol. The molecule has 2 aliphatic rings. The van der Waals surface area contributed by atoms with Crippen molar-refractivity contribution in [2.75, 3.05) is 20.1 Å². The number of hydrogen-bond acceptors (Lipinski definition) is 1. The first-order valence-corrected chi connectivity index (χ1v) is 6.45. The highest BCUT2D eigenvalue weighted by Gasteiger charge is 2.38. The molecule has 0 aromatic carbocycles. The lowest BCUT2D eigenvalue weighted by Crippen LogP contribution is -2.28. The molecule has 0 amide bonds. The molecule has 1 unspecified atom stereocenters.